The molecule has 0 bridgehead atoms. The number of piperazine rings is 1. The minimum absolute atomic E-state index is 0.560. The van der Waals surface area contributed by atoms with E-state index in [0.29, 0.717) is 11.9 Å². The third-order valence-electron chi connectivity index (χ3n) is 4.06. The van der Waals surface area contributed by atoms with Crippen LogP contribution in [0.5, 0.6) is 0 Å². The van der Waals surface area contributed by atoms with Crippen LogP contribution in [0.1, 0.15) is 19.8 Å². The molecule has 0 saturated carbocycles. The minimum Gasteiger partial charge on any atom is -0.382 e. The van der Waals surface area contributed by atoms with Crippen LogP contribution in [0.2, 0.25) is 0 Å². The molecule has 0 aliphatic carbocycles. The summed E-state index contributed by atoms with van der Waals surface area (Å²) in [5.41, 5.74) is 5.95. The molecule has 1 aromatic heterocycles. The van der Waals surface area contributed by atoms with Gasteiger partial charge in [0.25, 0.3) is 0 Å². The molecule has 2 aliphatic rings. The molecular formula is C12H20N4S2. The molecule has 2 N–H and O–H groups in total. The highest BCUT2D eigenvalue weighted by molar-refractivity contribution is 7.99. The molecule has 2 unspecified atom stereocenters. The summed E-state index contributed by atoms with van der Waals surface area (Å²) in [6, 6.07) is 1.30. The molecule has 2 saturated heterocycles. The Bertz CT molecular complexity index is 434. The van der Waals surface area contributed by atoms with E-state index in [0.717, 1.165) is 12.6 Å². The van der Waals surface area contributed by atoms with E-state index in [1.54, 1.807) is 23.3 Å². The standard InChI is InChI=1S/C12H20N4S2/c1-8-6-15-5-3-4-9(15)7-16(8)12-10(17-2)11(13)14-18-12/h8-9H,3-7H2,1-2H3,(H2,13,14). The lowest BCUT2D eigenvalue weighted by atomic mass is 10.1. The van der Waals surface area contributed by atoms with Gasteiger partial charge in [0, 0.05) is 25.2 Å². The highest BCUT2D eigenvalue weighted by Gasteiger charge is 2.36. The molecule has 1 aromatic rings. The van der Waals surface area contributed by atoms with Gasteiger partial charge >= 0.3 is 0 Å². The van der Waals surface area contributed by atoms with Gasteiger partial charge in [-0.25, -0.2) is 0 Å². The topological polar surface area (TPSA) is 45.4 Å². The molecule has 3 rings (SSSR count). The highest BCUT2D eigenvalue weighted by Crippen LogP contribution is 2.40. The maximum absolute atomic E-state index is 5.95. The molecule has 18 heavy (non-hydrogen) atoms. The van der Waals surface area contributed by atoms with Crippen LogP contribution >= 0.6 is 23.3 Å². The van der Waals surface area contributed by atoms with Crippen LogP contribution in [0.15, 0.2) is 4.90 Å². The summed E-state index contributed by atoms with van der Waals surface area (Å²) in [4.78, 5) is 6.33. The van der Waals surface area contributed by atoms with Gasteiger partial charge in [-0.3, -0.25) is 4.90 Å². The van der Waals surface area contributed by atoms with Gasteiger partial charge in [0.15, 0.2) is 5.82 Å². The van der Waals surface area contributed by atoms with E-state index in [-0.39, 0.29) is 0 Å². The molecule has 3 heterocycles. The van der Waals surface area contributed by atoms with Crippen molar-refractivity contribution < 1.29 is 0 Å². The Labute approximate surface area is 117 Å². The van der Waals surface area contributed by atoms with Crippen molar-refractivity contribution in [1.29, 1.82) is 0 Å². The van der Waals surface area contributed by atoms with Crippen LogP contribution in [0.4, 0.5) is 10.8 Å². The smallest absolute Gasteiger partial charge is 0.153 e. The van der Waals surface area contributed by atoms with Crippen molar-refractivity contribution >= 4 is 34.1 Å². The number of nitrogen functional groups attached to an aromatic ring is 1. The summed E-state index contributed by atoms with van der Waals surface area (Å²) in [7, 11) is 0. The monoisotopic (exact) mass is 284 g/mol. The molecule has 0 amide bonds. The number of thioether (sulfide) groups is 1. The Morgan fingerprint density at radius 2 is 2.28 bits per heavy atom. The van der Waals surface area contributed by atoms with Crippen molar-refractivity contribution in [2.24, 2.45) is 0 Å². The number of hydrogen-bond donors (Lipinski definition) is 1. The van der Waals surface area contributed by atoms with Crippen LogP contribution in [0, 0.1) is 0 Å². The van der Waals surface area contributed by atoms with E-state index in [1.807, 2.05) is 0 Å². The first-order chi connectivity index (χ1) is 8.70. The molecule has 2 aliphatic heterocycles. The quantitative estimate of drug-likeness (QED) is 0.843. The molecule has 0 spiro atoms. The van der Waals surface area contributed by atoms with Crippen molar-refractivity contribution in [2.45, 2.75) is 36.7 Å². The molecule has 100 valence electrons. The van der Waals surface area contributed by atoms with E-state index in [4.69, 9.17) is 5.73 Å². The third-order valence-corrected chi connectivity index (χ3v) is 5.90. The van der Waals surface area contributed by atoms with Gasteiger partial charge in [0.2, 0.25) is 0 Å². The zero-order valence-electron chi connectivity index (χ0n) is 10.9. The van der Waals surface area contributed by atoms with Crippen molar-refractivity contribution in [3.05, 3.63) is 0 Å². The van der Waals surface area contributed by atoms with Crippen LogP contribution in [-0.2, 0) is 0 Å². The second kappa shape index (κ2) is 4.90. The lowest BCUT2D eigenvalue weighted by Crippen LogP contribution is -2.55. The van der Waals surface area contributed by atoms with E-state index < -0.39 is 0 Å². The van der Waals surface area contributed by atoms with E-state index >= 15 is 0 Å². The zero-order valence-corrected chi connectivity index (χ0v) is 12.6. The Morgan fingerprint density at radius 1 is 1.44 bits per heavy atom. The van der Waals surface area contributed by atoms with E-state index in [2.05, 4.69) is 27.4 Å². The number of anilines is 2. The average molecular weight is 284 g/mol. The predicted molar refractivity (Wildman–Crippen MR) is 79.7 cm³/mol. The zero-order chi connectivity index (χ0) is 12.7. The van der Waals surface area contributed by atoms with Crippen molar-refractivity contribution in [3.8, 4) is 0 Å². The van der Waals surface area contributed by atoms with Gasteiger partial charge in [-0.2, -0.15) is 4.37 Å². The second-order valence-electron chi connectivity index (χ2n) is 5.20. The molecule has 4 nitrogen and oxygen atoms in total. The van der Waals surface area contributed by atoms with E-state index in [9.17, 15) is 0 Å². The number of aromatic nitrogens is 1. The van der Waals surface area contributed by atoms with Crippen LogP contribution in [0.25, 0.3) is 0 Å². The highest BCUT2D eigenvalue weighted by atomic mass is 32.2. The first-order valence-electron chi connectivity index (χ1n) is 6.50. The second-order valence-corrected chi connectivity index (χ2v) is 6.77. The fraction of sp³-hybridized carbons (Fsp3) is 0.750. The fourth-order valence-corrected chi connectivity index (χ4v) is 4.92. The number of rotatable bonds is 2. The maximum Gasteiger partial charge on any atom is 0.153 e. The van der Waals surface area contributed by atoms with E-state index in [1.165, 1.54) is 35.8 Å². The minimum atomic E-state index is 0.560. The largest absolute Gasteiger partial charge is 0.382 e. The van der Waals surface area contributed by atoms with Crippen molar-refractivity contribution in [2.75, 3.05) is 36.5 Å². The molecule has 6 heteroatoms. The Kier molecular flexibility index (Phi) is 3.42. The molecule has 2 atom stereocenters. The van der Waals surface area contributed by atoms with Crippen molar-refractivity contribution in [3.63, 3.8) is 0 Å². The number of fused-ring (bicyclic) bond motifs is 1. The normalized spacial score (nSPS) is 28.7. The first-order valence-corrected chi connectivity index (χ1v) is 8.50. The Balaban J connectivity index is 1.86. The molecule has 2 fully saturated rings. The summed E-state index contributed by atoms with van der Waals surface area (Å²) >= 11 is 3.27. The van der Waals surface area contributed by atoms with Crippen LogP contribution in [-0.4, -0.2) is 47.2 Å². The third kappa shape index (κ3) is 2.00. The first kappa shape index (κ1) is 12.6. The van der Waals surface area contributed by atoms with Gasteiger partial charge in [-0.1, -0.05) is 0 Å². The Hall–Kier alpha value is -0.460. The fourth-order valence-electron chi connectivity index (χ4n) is 3.13. The van der Waals surface area contributed by atoms with Gasteiger partial charge in [0.05, 0.1) is 4.90 Å². The SMILES string of the molecule is CSc1c(N)nsc1N1CC2CCCN2CC1C. The van der Waals surface area contributed by atoms with Crippen LogP contribution < -0.4 is 10.6 Å². The molecule has 0 radical (unpaired) electrons. The van der Waals surface area contributed by atoms with Gasteiger partial charge in [-0.05, 0) is 44.1 Å². The maximum atomic E-state index is 5.95. The summed E-state index contributed by atoms with van der Waals surface area (Å²) < 4.78 is 4.33. The Morgan fingerprint density at radius 3 is 3.06 bits per heavy atom. The summed E-state index contributed by atoms with van der Waals surface area (Å²) in [6.07, 6.45) is 4.78. The summed E-state index contributed by atoms with van der Waals surface area (Å²) in [6.45, 7) is 5.91. The summed E-state index contributed by atoms with van der Waals surface area (Å²) in [5.74, 6) is 0.698. The van der Waals surface area contributed by atoms with Gasteiger partial charge < -0.3 is 10.6 Å². The number of nitrogens with zero attached hydrogens (tertiary/aromatic N) is 3. The van der Waals surface area contributed by atoms with Crippen molar-refractivity contribution in [1.82, 2.24) is 9.27 Å². The lowest BCUT2D eigenvalue weighted by molar-refractivity contribution is 0.203. The number of nitrogens with two attached hydrogens (primary N) is 1. The summed E-state index contributed by atoms with van der Waals surface area (Å²) in [5, 5.41) is 1.28. The lowest BCUT2D eigenvalue weighted by Gasteiger charge is -2.43. The molecular weight excluding hydrogens is 264 g/mol. The van der Waals surface area contributed by atoms with Gasteiger partial charge in [-0.15, -0.1) is 11.8 Å². The van der Waals surface area contributed by atoms with Crippen LogP contribution in [0.3, 0.4) is 0 Å². The van der Waals surface area contributed by atoms with Gasteiger partial charge in [0.1, 0.15) is 5.00 Å². The predicted octanol–water partition coefficient (Wildman–Crippen LogP) is 2.12. The molecule has 0 aromatic carbocycles. The number of hydrogen-bond acceptors (Lipinski definition) is 6. The average Bonchev–Trinajstić information content (AvgIpc) is 2.93.